The molecule has 0 fully saturated rings. The van der Waals surface area contributed by atoms with E-state index in [1.165, 1.54) is 11.1 Å². The third-order valence-corrected chi connectivity index (χ3v) is 3.87. The van der Waals surface area contributed by atoms with E-state index in [0.717, 1.165) is 22.8 Å². The van der Waals surface area contributed by atoms with Crippen LogP contribution in [0.2, 0.25) is 0 Å². The molecule has 128 valence electrons. The maximum Gasteiger partial charge on any atom is 0.225 e. The first-order chi connectivity index (χ1) is 12.0. The van der Waals surface area contributed by atoms with Crippen LogP contribution in [0.3, 0.4) is 0 Å². The minimum absolute atomic E-state index is 0.263. The highest BCUT2D eigenvalue weighted by atomic mass is 15.2. The molecule has 0 bridgehead atoms. The average Bonchev–Trinajstić information content (AvgIpc) is 2.58. The minimum atomic E-state index is 0.263. The number of nitrogens with one attached hydrogen (secondary N) is 2. The van der Waals surface area contributed by atoms with E-state index in [1.807, 2.05) is 24.3 Å². The van der Waals surface area contributed by atoms with Crippen LogP contribution in [0.15, 0.2) is 54.6 Å². The van der Waals surface area contributed by atoms with Crippen molar-refractivity contribution in [3.05, 3.63) is 65.7 Å². The largest absolute Gasteiger partial charge is 0.352 e. The van der Waals surface area contributed by atoms with Gasteiger partial charge in [0.05, 0.1) is 5.69 Å². The highest BCUT2D eigenvalue weighted by Gasteiger charge is 2.09. The molecule has 0 atom stereocenters. The Bertz CT molecular complexity index is 857. The molecule has 1 aromatic heterocycles. The highest BCUT2D eigenvalue weighted by Crippen LogP contribution is 2.25. The topological polar surface area (TPSA) is 49.8 Å². The molecular formula is C21H24N4. The van der Waals surface area contributed by atoms with Gasteiger partial charge in [0, 0.05) is 23.4 Å². The van der Waals surface area contributed by atoms with Gasteiger partial charge in [0.25, 0.3) is 0 Å². The van der Waals surface area contributed by atoms with Crippen molar-refractivity contribution in [1.29, 1.82) is 0 Å². The summed E-state index contributed by atoms with van der Waals surface area (Å²) in [5.74, 6) is 1.41. The number of aromatic nitrogens is 2. The lowest BCUT2D eigenvalue weighted by atomic mass is 10.1. The summed E-state index contributed by atoms with van der Waals surface area (Å²) >= 11 is 0. The van der Waals surface area contributed by atoms with Crippen molar-refractivity contribution in [2.75, 3.05) is 10.6 Å². The van der Waals surface area contributed by atoms with Crippen LogP contribution in [0.1, 0.15) is 25.0 Å². The summed E-state index contributed by atoms with van der Waals surface area (Å²) in [5, 5.41) is 6.75. The van der Waals surface area contributed by atoms with Gasteiger partial charge in [-0.2, -0.15) is 4.98 Å². The summed E-state index contributed by atoms with van der Waals surface area (Å²) in [6, 6.07) is 18.8. The Kier molecular flexibility index (Phi) is 4.98. The lowest BCUT2D eigenvalue weighted by molar-refractivity contribution is 0.876. The Hall–Kier alpha value is -2.88. The van der Waals surface area contributed by atoms with Gasteiger partial charge in [-0.05, 0) is 44.9 Å². The van der Waals surface area contributed by atoms with Crippen LogP contribution in [0.4, 0.5) is 17.5 Å². The second kappa shape index (κ2) is 7.34. The van der Waals surface area contributed by atoms with Crippen molar-refractivity contribution >= 4 is 17.5 Å². The quantitative estimate of drug-likeness (QED) is 0.663. The van der Waals surface area contributed by atoms with Crippen molar-refractivity contribution < 1.29 is 0 Å². The van der Waals surface area contributed by atoms with Gasteiger partial charge in [-0.25, -0.2) is 4.98 Å². The van der Waals surface area contributed by atoms with Gasteiger partial charge in [0.2, 0.25) is 5.95 Å². The Morgan fingerprint density at radius 1 is 0.880 bits per heavy atom. The molecule has 3 rings (SSSR count). The number of nitrogens with zero attached hydrogens (tertiary/aromatic N) is 2. The number of benzene rings is 2. The van der Waals surface area contributed by atoms with Crippen LogP contribution in [0, 0.1) is 13.8 Å². The van der Waals surface area contributed by atoms with Gasteiger partial charge in [-0.1, -0.05) is 42.5 Å². The molecule has 0 spiro atoms. The maximum absolute atomic E-state index is 4.66. The molecular weight excluding hydrogens is 308 g/mol. The van der Waals surface area contributed by atoms with Gasteiger partial charge in [0.1, 0.15) is 5.82 Å². The molecule has 0 aliphatic carbocycles. The molecule has 25 heavy (non-hydrogen) atoms. The van der Waals surface area contributed by atoms with Gasteiger partial charge in [-0.3, -0.25) is 0 Å². The summed E-state index contributed by atoms with van der Waals surface area (Å²) < 4.78 is 0. The first-order valence-corrected chi connectivity index (χ1v) is 8.56. The average molecular weight is 332 g/mol. The fourth-order valence-corrected chi connectivity index (χ4v) is 2.60. The van der Waals surface area contributed by atoms with E-state index in [-0.39, 0.29) is 6.04 Å². The van der Waals surface area contributed by atoms with Crippen molar-refractivity contribution in [2.45, 2.75) is 33.7 Å². The van der Waals surface area contributed by atoms with Crippen LogP contribution >= 0.6 is 0 Å². The van der Waals surface area contributed by atoms with Crippen molar-refractivity contribution in [3.63, 3.8) is 0 Å². The van der Waals surface area contributed by atoms with Crippen molar-refractivity contribution in [2.24, 2.45) is 0 Å². The fraction of sp³-hybridized carbons (Fsp3) is 0.238. The molecule has 4 heteroatoms. The highest BCUT2D eigenvalue weighted by molar-refractivity contribution is 5.68. The van der Waals surface area contributed by atoms with E-state index >= 15 is 0 Å². The lowest BCUT2D eigenvalue weighted by Gasteiger charge is -2.14. The van der Waals surface area contributed by atoms with Crippen molar-refractivity contribution in [3.8, 4) is 11.3 Å². The Balaban J connectivity index is 2.01. The number of rotatable bonds is 5. The minimum Gasteiger partial charge on any atom is -0.352 e. The van der Waals surface area contributed by atoms with Crippen LogP contribution in [-0.2, 0) is 0 Å². The number of anilines is 3. The predicted octanol–water partition coefficient (Wildman–Crippen LogP) is 5.32. The molecule has 0 amide bonds. The summed E-state index contributed by atoms with van der Waals surface area (Å²) in [6.07, 6.45) is 0. The van der Waals surface area contributed by atoms with Crippen LogP contribution < -0.4 is 10.6 Å². The van der Waals surface area contributed by atoms with E-state index in [4.69, 9.17) is 0 Å². The van der Waals surface area contributed by atoms with Crippen LogP contribution in [0.5, 0.6) is 0 Å². The maximum atomic E-state index is 4.66. The standard InChI is InChI=1S/C21H24N4/c1-14(2)22-21-24-19(17-8-6-5-7-9-17)13-20(25-21)23-18-12-15(3)10-11-16(18)4/h5-14H,1-4H3,(H2,22,23,24,25). The summed E-state index contributed by atoms with van der Waals surface area (Å²) in [6.45, 7) is 8.34. The Morgan fingerprint density at radius 3 is 2.36 bits per heavy atom. The van der Waals surface area contributed by atoms with E-state index in [0.29, 0.717) is 5.95 Å². The molecule has 0 saturated carbocycles. The smallest absolute Gasteiger partial charge is 0.225 e. The second-order valence-corrected chi connectivity index (χ2v) is 6.57. The molecule has 1 heterocycles. The Morgan fingerprint density at radius 2 is 1.64 bits per heavy atom. The second-order valence-electron chi connectivity index (χ2n) is 6.57. The summed E-state index contributed by atoms with van der Waals surface area (Å²) in [7, 11) is 0. The van der Waals surface area contributed by atoms with Crippen LogP contribution in [0.25, 0.3) is 11.3 Å². The molecule has 0 radical (unpaired) electrons. The van der Waals surface area contributed by atoms with Gasteiger partial charge in [0.15, 0.2) is 0 Å². The van der Waals surface area contributed by atoms with Crippen molar-refractivity contribution in [1.82, 2.24) is 9.97 Å². The van der Waals surface area contributed by atoms with Gasteiger partial charge >= 0.3 is 0 Å². The first-order valence-electron chi connectivity index (χ1n) is 8.56. The predicted molar refractivity (Wildman–Crippen MR) is 105 cm³/mol. The fourth-order valence-electron chi connectivity index (χ4n) is 2.60. The summed E-state index contributed by atoms with van der Waals surface area (Å²) in [5.41, 5.74) is 5.43. The third kappa shape index (κ3) is 4.35. The number of hydrogen-bond donors (Lipinski definition) is 2. The van der Waals surface area contributed by atoms with E-state index in [9.17, 15) is 0 Å². The zero-order valence-corrected chi connectivity index (χ0v) is 15.2. The molecule has 2 N–H and O–H groups in total. The molecule has 0 unspecified atom stereocenters. The zero-order chi connectivity index (χ0) is 17.8. The van der Waals surface area contributed by atoms with E-state index in [1.54, 1.807) is 0 Å². The molecule has 4 nitrogen and oxygen atoms in total. The first kappa shape index (κ1) is 17.0. The molecule has 0 aliphatic heterocycles. The zero-order valence-electron chi connectivity index (χ0n) is 15.2. The monoisotopic (exact) mass is 332 g/mol. The number of hydrogen-bond acceptors (Lipinski definition) is 4. The molecule has 2 aromatic carbocycles. The molecule has 0 saturated heterocycles. The van der Waals surface area contributed by atoms with Gasteiger partial charge in [-0.15, -0.1) is 0 Å². The third-order valence-electron chi connectivity index (χ3n) is 3.87. The van der Waals surface area contributed by atoms with E-state index in [2.05, 4.69) is 78.6 Å². The van der Waals surface area contributed by atoms with Crippen LogP contribution in [-0.4, -0.2) is 16.0 Å². The molecule has 0 aliphatic rings. The Labute approximate surface area is 149 Å². The van der Waals surface area contributed by atoms with Gasteiger partial charge < -0.3 is 10.6 Å². The lowest BCUT2D eigenvalue weighted by Crippen LogP contribution is -2.13. The molecule has 3 aromatic rings. The number of aryl methyl sites for hydroxylation is 2. The van der Waals surface area contributed by atoms with E-state index < -0.39 is 0 Å². The summed E-state index contributed by atoms with van der Waals surface area (Å²) in [4.78, 5) is 9.29. The SMILES string of the molecule is Cc1ccc(C)c(Nc2cc(-c3ccccc3)nc(NC(C)C)n2)c1. The normalized spacial score (nSPS) is 10.8.